The Morgan fingerprint density at radius 3 is 2.91 bits per heavy atom. The fourth-order valence-electron chi connectivity index (χ4n) is 4.45. The Morgan fingerprint density at radius 1 is 1.21 bits per heavy atom. The molecule has 0 spiro atoms. The average molecular weight is 542 g/mol. The summed E-state index contributed by atoms with van der Waals surface area (Å²) in [5, 5.41) is 12.7. The van der Waals surface area contributed by atoms with Crippen LogP contribution in [0.25, 0.3) is 5.00 Å². The molecule has 0 saturated heterocycles. The molecule has 0 atom stereocenters. The van der Waals surface area contributed by atoms with E-state index in [1.165, 1.54) is 20.2 Å². The molecule has 1 aromatic carbocycles. The number of thioether (sulfide) groups is 1. The van der Waals surface area contributed by atoms with Crippen LogP contribution in [-0.4, -0.2) is 42.7 Å². The van der Waals surface area contributed by atoms with Crippen molar-refractivity contribution in [2.24, 2.45) is 4.99 Å². The van der Waals surface area contributed by atoms with Crippen LogP contribution in [0.3, 0.4) is 0 Å². The number of benzene rings is 1. The van der Waals surface area contributed by atoms with E-state index in [-0.39, 0.29) is 0 Å². The molecule has 34 heavy (non-hydrogen) atoms. The predicted molar refractivity (Wildman–Crippen MR) is 147 cm³/mol. The van der Waals surface area contributed by atoms with E-state index in [2.05, 4.69) is 43.2 Å². The molecule has 0 saturated carbocycles. The van der Waals surface area contributed by atoms with Gasteiger partial charge < -0.3 is 4.90 Å². The first-order chi connectivity index (χ1) is 16.6. The summed E-state index contributed by atoms with van der Waals surface area (Å²) in [4.78, 5) is 9.71. The summed E-state index contributed by atoms with van der Waals surface area (Å²) in [6.07, 6.45) is 0.922. The van der Waals surface area contributed by atoms with Crippen LogP contribution in [0.5, 0.6) is 0 Å². The summed E-state index contributed by atoms with van der Waals surface area (Å²) >= 11 is 17.9. The van der Waals surface area contributed by atoms with Crippen LogP contribution in [0.2, 0.25) is 5.02 Å². The van der Waals surface area contributed by atoms with E-state index < -0.39 is 0 Å². The molecular weight excluding hydrogens is 522 g/mol. The summed E-state index contributed by atoms with van der Waals surface area (Å²) in [5.74, 6) is 2.57. The molecule has 0 amide bonds. The maximum Gasteiger partial charge on any atom is 0.160 e. The van der Waals surface area contributed by atoms with E-state index in [0.717, 1.165) is 58.2 Å². The largest absolute Gasteiger partial charge is 0.360 e. The van der Waals surface area contributed by atoms with Gasteiger partial charge in [-0.15, -0.1) is 44.6 Å². The topological polar surface area (TPSA) is 46.3 Å². The van der Waals surface area contributed by atoms with Gasteiger partial charge in [-0.05, 0) is 36.4 Å². The average Bonchev–Trinajstić information content (AvgIpc) is 3.55. The maximum absolute atomic E-state index is 6.65. The third kappa shape index (κ3) is 3.93. The summed E-state index contributed by atoms with van der Waals surface area (Å²) < 4.78 is 3.47. The van der Waals surface area contributed by atoms with E-state index in [4.69, 9.17) is 28.8 Å². The highest BCUT2D eigenvalue weighted by atomic mass is 35.5. The Bertz CT molecular complexity index is 1420. The first-order valence-electron chi connectivity index (χ1n) is 10.9. The number of thiophene rings is 2. The molecule has 0 radical (unpaired) electrons. The molecule has 2 aliphatic heterocycles. The van der Waals surface area contributed by atoms with Crippen molar-refractivity contribution in [1.29, 1.82) is 0 Å². The molecule has 0 unspecified atom stereocenters. The minimum absolute atomic E-state index is 0.480. The molecule has 0 fully saturated rings. The van der Waals surface area contributed by atoms with Gasteiger partial charge in [-0.2, -0.15) is 0 Å². The summed E-state index contributed by atoms with van der Waals surface area (Å²) in [6.45, 7) is 4.21. The summed E-state index contributed by atoms with van der Waals surface area (Å²) in [6, 6.07) is 12.2. The van der Waals surface area contributed by atoms with Crippen molar-refractivity contribution >= 4 is 69.0 Å². The standard InChI is InChI=1S/C24H20ClN5S4/c1-14-27-28-19-11-26-23(15-5-2-3-6-17(15)25)22-16-8-9-29(12-18(16)34-24(22)30(14)19)20(31)13-33-21-7-4-10-32-21/h2-7,10H,8-9,11-13H2,1H3. The van der Waals surface area contributed by atoms with Crippen molar-refractivity contribution in [3.8, 4) is 5.00 Å². The zero-order valence-corrected chi connectivity index (χ0v) is 22.3. The quantitative estimate of drug-likeness (QED) is 0.228. The molecule has 4 aromatic rings. The van der Waals surface area contributed by atoms with Crippen LogP contribution in [-0.2, 0) is 19.5 Å². The number of fused-ring (bicyclic) bond motifs is 5. The normalized spacial score (nSPS) is 14.8. The Morgan fingerprint density at radius 2 is 2.09 bits per heavy atom. The van der Waals surface area contributed by atoms with E-state index in [9.17, 15) is 0 Å². The molecular formula is C24H20ClN5S4. The van der Waals surface area contributed by atoms with Crippen molar-refractivity contribution in [3.63, 3.8) is 0 Å². The van der Waals surface area contributed by atoms with Gasteiger partial charge in [-0.1, -0.05) is 48.1 Å². The van der Waals surface area contributed by atoms with Gasteiger partial charge in [0.2, 0.25) is 0 Å². The number of halogens is 1. The van der Waals surface area contributed by atoms with Crippen molar-refractivity contribution in [3.05, 3.63) is 80.0 Å². The van der Waals surface area contributed by atoms with Crippen LogP contribution in [0.4, 0.5) is 0 Å². The highest BCUT2D eigenvalue weighted by Crippen LogP contribution is 2.40. The van der Waals surface area contributed by atoms with Crippen molar-refractivity contribution in [2.75, 3.05) is 12.3 Å². The number of aliphatic imine (C=N–C) groups is 1. The third-order valence-corrected chi connectivity index (χ3v) is 10.3. The molecule has 2 aliphatic rings. The van der Waals surface area contributed by atoms with Gasteiger partial charge >= 0.3 is 0 Å². The molecule has 0 N–H and O–H groups in total. The fourth-order valence-corrected chi connectivity index (χ4v) is 8.12. The van der Waals surface area contributed by atoms with Crippen molar-refractivity contribution < 1.29 is 0 Å². The second-order valence-electron chi connectivity index (χ2n) is 8.11. The van der Waals surface area contributed by atoms with E-state index in [0.29, 0.717) is 11.6 Å². The maximum atomic E-state index is 6.65. The van der Waals surface area contributed by atoms with E-state index >= 15 is 0 Å². The minimum atomic E-state index is 0.480. The number of hydrogen-bond acceptors (Lipinski definition) is 7. The van der Waals surface area contributed by atoms with Gasteiger partial charge in [-0.3, -0.25) is 9.56 Å². The lowest BCUT2D eigenvalue weighted by atomic mass is 9.95. The van der Waals surface area contributed by atoms with Gasteiger partial charge in [-0.25, -0.2) is 0 Å². The lowest BCUT2D eigenvalue weighted by Gasteiger charge is -2.29. The first-order valence-corrected chi connectivity index (χ1v) is 14.4. The molecule has 6 rings (SSSR count). The van der Waals surface area contributed by atoms with E-state index in [1.807, 2.05) is 36.9 Å². The molecule has 5 heterocycles. The Hall–Kier alpha value is -2.04. The molecule has 3 aromatic heterocycles. The van der Waals surface area contributed by atoms with Gasteiger partial charge in [0.25, 0.3) is 0 Å². The zero-order valence-electron chi connectivity index (χ0n) is 18.3. The van der Waals surface area contributed by atoms with Crippen molar-refractivity contribution in [1.82, 2.24) is 19.7 Å². The van der Waals surface area contributed by atoms with Crippen LogP contribution in [0.1, 0.15) is 33.2 Å². The Balaban J connectivity index is 1.38. The number of rotatable bonds is 4. The highest BCUT2D eigenvalue weighted by Gasteiger charge is 2.32. The van der Waals surface area contributed by atoms with Gasteiger partial charge in [0.15, 0.2) is 5.82 Å². The number of thiocarbonyl (C=S) groups is 1. The Kier molecular flexibility index (Phi) is 6.07. The van der Waals surface area contributed by atoms with Crippen LogP contribution < -0.4 is 0 Å². The summed E-state index contributed by atoms with van der Waals surface area (Å²) in [5.41, 5.74) is 4.44. The zero-order chi connectivity index (χ0) is 23.2. The van der Waals surface area contributed by atoms with Crippen LogP contribution >= 0.6 is 58.3 Å². The smallest absolute Gasteiger partial charge is 0.160 e. The van der Waals surface area contributed by atoms with Gasteiger partial charge in [0, 0.05) is 33.3 Å². The van der Waals surface area contributed by atoms with Gasteiger partial charge in [0.05, 0.1) is 21.5 Å². The number of hydrogen-bond donors (Lipinski definition) is 0. The number of aryl methyl sites for hydroxylation is 1. The van der Waals surface area contributed by atoms with Crippen molar-refractivity contribution in [2.45, 2.75) is 30.6 Å². The van der Waals surface area contributed by atoms with Crippen LogP contribution in [0.15, 0.2) is 51.0 Å². The summed E-state index contributed by atoms with van der Waals surface area (Å²) in [7, 11) is 0. The highest BCUT2D eigenvalue weighted by molar-refractivity contribution is 8.02. The van der Waals surface area contributed by atoms with Gasteiger partial charge in [0.1, 0.15) is 17.4 Å². The molecule has 0 aliphatic carbocycles. The minimum Gasteiger partial charge on any atom is -0.360 e. The number of aromatic nitrogens is 3. The Labute approximate surface area is 220 Å². The third-order valence-electron chi connectivity index (χ3n) is 6.06. The number of nitrogens with zero attached hydrogens (tertiary/aromatic N) is 5. The first kappa shape index (κ1) is 22.4. The van der Waals surface area contributed by atoms with E-state index in [1.54, 1.807) is 22.7 Å². The second kappa shape index (κ2) is 9.20. The fraction of sp³-hybridized carbons (Fsp3) is 0.250. The molecule has 0 bridgehead atoms. The SMILES string of the molecule is Cc1nnc2n1-c1sc3c(c1C(c1ccccc1Cl)=NC2)CCN(C(=S)CSc1cccs1)C3. The molecule has 172 valence electrons. The lowest BCUT2D eigenvalue weighted by Crippen LogP contribution is -2.35. The molecule has 10 heteroatoms. The lowest BCUT2D eigenvalue weighted by molar-refractivity contribution is 0.404. The van der Waals surface area contributed by atoms with Crippen LogP contribution in [0, 0.1) is 6.92 Å². The monoisotopic (exact) mass is 541 g/mol. The molecule has 5 nitrogen and oxygen atoms in total. The second-order valence-corrected chi connectivity index (χ2v) is 12.3. The predicted octanol–water partition coefficient (Wildman–Crippen LogP) is 6.18.